The molecule has 0 aliphatic carbocycles. The molecule has 1 unspecified atom stereocenters. The summed E-state index contributed by atoms with van der Waals surface area (Å²) in [5.74, 6) is 1.69. The number of aromatic nitrogens is 4. The lowest BCUT2D eigenvalue weighted by atomic mass is 10.0. The van der Waals surface area contributed by atoms with E-state index in [0.717, 1.165) is 34.5 Å². The van der Waals surface area contributed by atoms with E-state index in [0.29, 0.717) is 17.8 Å². The highest BCUT2D eigenvalue weighted by Gasteiger charge is 2.21. The Balaban J connectivity index is 1.76. The molecule has 2 aromatic heterocycles. The monoisotopic (exact) mass is 323 g/mol. The first kappa shape index (κ1) is 14.7. The number of nitrogens with zero attached hydrogens (tertiary/aromatic N) is 4. The molecule has 0 saturated carbocycles. The number of nitrogens with two attached hydrogens (primary N) is 2. The smallest absolute Gasteiger partial charge is 0.222 e. The molecule has 1 aliphatic rings. The van der Waals surface area contributed by atoms with Crippen molar-refractivity contribution in [2.45, 2.75) is 32.2 Å². The highest BCUT2D eigenvalue weighted by atomic mass is 15.2. The molecule has 0 amide bonds. The van der Waals surface area contributed by atoms with Crippen molar-refractivity contribution in [2.75, 3.05) is 22.9 Å². The van der Waals surface area contributed by atoms with Gasteiger partial charge in [0.2, 0.25) is 5.95 Å². The maximum Gasteiger partial charge on any atom is 0.222 e. The molecule has 0 spiro atoms. The van der Waals surface area contributed by atoms with Crippen molar-refractivity contribution < 1.29 is 0 Å². The number of benzene rings is 1. The van der Waals surface area contributed by atoms with Crippen LogP contribution in [-0.2, 0) is 0 Å². The van der Waals surface area contributed by atoms with Crippen LogP contribution in [0.1, 0.15) is 26.2 Å². The quantitative estimate of drug-likeness (QED) is 0.668. The number of piperidine rings is 1. The third kappa shape index (κ3) is 2.51. The fourth-order valence-corrected chi connectivity index (χ4v) is 3.39. The highest BCUT2D eigenvalue weighted by Crippen LogP contribution is 2.29. The van der Waals surface area contributed by atoms with E-state index in [1.807, 2.05) is 24.3 Å². The van der Waals surface area contributed by atoms with Gasteiger partial charge >= 0.3 is 0 Å². The van der Waals surface area contributed by atoms with Crippen molar-refractivity contribution in [2.24, 2.45) is 0 Å². The topological polar surface area (TPSA) is 110 Å². The van der Waals surface area contributed by atoms with Gasteiger partial charge in [0.15, 0.2) is 5.82 Å². The third-order valence-electron chi connectivity index (χ3n) is 4.72. The molecular weight excluding hydrogens is 302 g/mol. The lowest BCUT2D eigenvalue weighted by Gasteiger charge is -2.34. The zero-order valence-electron chi connectivity index (χ0n) is 13.7. The van der Waals surface area contributed by atoms with Crippen molar-refractivity contribution in [3.8, 4) is 11.3 Å². The second-order valence-corrected chi connectivity index (χ2v) is 6.38. The van der Waals surface area contributed by atoms with E-state index in [4.69, 9.17) is 11.5 Å². The van der Waals surface area contributed by atoms with Crippen LogP contribution in [0.15, 0.2) is 24.3 Å². The van der Waals surface area contributed by atoms with Gasteiger partial charge in [0, 0.05) is 29.6 Å². The summed E-state index contributed by atoms with van der Waals surface area (Å²) in [6.45, 7) is 3.24. The van der Waals surface area contributed by atoms with Crippen molar-refractivity contribution in [1.29, 1.82) is 0 Å². The molecule has 3 aromatic rings. The van der Waals surface area contributed by atoms with E-state index in [1.54, 1.807) is 0 Å². The molecule has 1 aromatic carbocycles. The molecule has 5 N–H and O–H groups in total. The Labute approximate surface area is 140 Å². The molecule has 4 rings (SSSR count). The van der Waals surface area contributed by atoms with E-state index in [1.165, 1.54) is 19.3 Å². The summed E-state index contributed by atoms with van der Waals surface area (Å²) in [4.78, 5) is 11.2. The van der Waals surface area contributed by atoms with Gasteiger partial charge in [-0.2, -0.15) is 10.1 Å². The third-order valence-corrected chi connectivity index (χ3v) is 4.72. The van der Waals surface area contributed by atoms with Gasteiger partial charge in [0.25, 0.3) is 0 Å². The minimum atomic E-state index is 0.296. The molecule has 0 radical (unpaired) electrons. The Bertz CT molecular complexity index is 886. The largest absolute Gasteiger partial charge is 0.382 e. The lowest BCUT2D eigenvalue weighted by molar-refractivity contribution is 0.481. The second-order valence-electron chi connectivity index (χ2n) is 6.38. The van der Waals surface area contributed by atoms with Gasteiger partial charge in [-0.1, -0.05) is 6.07 Å². The van der Waals surface area contributed by atoms with Gasteiger partial charge in [-0.3, -0.25) is 5.10 Å². The number of H-pyrrole nitrogens is 1. The summed E-state index contributed by atoms with van der Waals surface area (Å²) < 4.78 is 0. The molecule has 1 saturated heterocycles. The number of rotatable bonds is 2. The number of anilines is 3. The Hall–Kier alpha value is -2.83. The SMILES string of the molecule is CC1CCCCN1c1cc(-c2ccc3c(N)n[nH]c3c2)nc(N)n1. The van der Waals surface area contributed by atoms with Gasteiger partial charge in [0.1, 0.15) is 5.82 Å². The first-order chi connectivity index (χ1) is 11.6. The summed E-state index contributed by atoms with van der Waals surface area (Å²) in [6.07, 6.45) is 3.63. The first-order valence-corrected chi connectivity index (χ1v) is 8.27. The molecule has 1 atom stereocenters. The Kier molecular flexibility index (Phi) is 3.48. The predicted molar refractivity (Wildman–Crippen MR) is 96.6 cm³/mol. The molecule has 3 heterocycles. The van der Waals surface area contributed by atoms with Crippen LogP contribution in [0.2, 0.25) is 0 Å². The maximum atomic E-state index is 5.98. The highest BCUT2D eigenvalue weighted by molar-refractivity contribution is 5.91. The zero-order chi connectivity index (χ0) is 16.7. The average molecular weight is 323 g/mol. The first-order valence-electron chi connectivity index (χ1n) is 8.27. The Morgan fingerprint density at radius 3 is 2.88 bits per heavy atom. The van der Waals surface area contributed by atoms with Crippen molar-refractivity contribution in [3.05, 3.63) is 24.3 Å². The lowest BCUT2D eigenvalue weighted by Crippen LogP contribution is -2.38. The van der Waals surface area contributed by atoms with Crippen LogP contribution >= 0.6 is 0 Å². The summed E-state index contributed by atoms with van der Waals surface area (Å²) in [7, 11) is 0. The van der Waals surface area contributed by atoms with E-state index >= 15 is 0 Å². The van der Waals surface area contributed by atoms with Crippen LogP contribution in [0.3, 0.4) is 0 Å². The fourth-order valence-electron chi connectivity index (χ4n) is 3.39. The summed E-state index contributed by atoms with van der Waals surface area (Å²) >= 11 is 0. The number of hydrogen-bond donors (Lipinski definition) is 3. The molecule has 7 nitrogen and oxygen atoms in total. The molecule has 0 bridgehead atoms. The van der Waals surface area contributed by atoms with Crippen LogP contribution in [0.4, 0.5) is 17.6 Å². The molecular formula is C17H21N7. The van der Waals surface area contributed by atoms with E-state index in [-0.39, 0.29) is 0 Å². The summed E-state index contributed by atoms with van der Waals surface area (Å²) in [6, 6.07) is 8.41. The standard InChI is InChI=1S/C17H21N7/c1-10-4-2-3-7-24(10)15-9-13(20-17(19)21-15)11-5-6-12-14(8-11)22-23-16(12)18/h5-6,8-10H,2-4,7H2,1H3,(H3,18,22,23)(H2,19,20,21). The van der Waals surface area contributed by atoms with E-state index in [2.05, 4.69) is 32.0 Å². The van der Waals surface area contributed by atoms with Gasteiger partial charge in [-0.25, -0.2) is 4.98 Å². The number of fused-ring (bicyclic) bond motifs is 1. The number of nitrogens with one attached hydrogen (secondary N) is 1. The Morgan fingerprint density at radius 1 is 1.17 bits per heavy atom. The van der Waals surface area contributed by atoms with Crippen LogP contribution in [0.25, 0.3) is 22.2 Å². The zero-order valence-corrected chi connectivity index (χ0v) is 13.7. The molecule has 1 aliphatic heterocycles. The Morgan fingerprint density at radius 2 is 2.04 bits per heavy atom. The molecule has 7 heteroatoms. The molecule has 124 valence electrons. The maximum absolute atomic E-state index is 5.98. The van der Waals surface area contributed by atoms with Gasteiger partial charge in [-0.05, 0) is 38.3 Å². The molecule has 24 heavy (non-hydrogen) atoms. The minimum Gasteiger partial charge on any atom is -0.382 e. The normalized spacial score (nSPS) is 18.2. The van der Waals surface area contributed by atoms with Crippen LogP contribution in [-0.4, -0.2) is 32.8 Å². The second kappa shape index (κ2) is 5.67. The molecule has 1 fully saturated rings. The van der Waals surface area contributed by atoms with Crippen LogP contribution in [0, 0.1) is 0 Å². The van der Waals surface area contributed by atoms with Crippen molar-refractivity contribution in [3.63, 3.8) is 0 Å². The van der Waals surface area contributed by atoms with E-state index < -0.39 is 0 Å². The van der Waals surface area contributed by atoms with Gasteiger partial charge in [-0.15, -0.1) is 0 Å². The van der Waals surface area contributed by atoms with Crippen LogP contribution < -0.4 is 16.4 Å². The van der Waals surface area contributed by atoms with Crippen molar-refractivity contribution in [1.82, 2.24) is 20.2 Å². The van der Waals surface area contributed by atoms with Gasteiger partial charge < -0.3 is 16.4 Å². The number of aromatic amines is 1. The summed E-state index contributed by atoms with van der Waals surface area (Å²) in [5, 5.41) is 7.88. The van der Waals surface area contributed by atoms with Gasteiger partial charge in [0.05, 0.1) is 11.2 Å². The predicted octanol–water partition coefficient (Wildman–Crippen LogP) is 2.56. The fraction of sp³-hybridized carbons (Fsp3) is 0.353. The summed E-state index contributed by atoms with van der Waals surface area (Å²) in [5.41, 5.74) is 14.5. The number of hydrogen-bond acceptors (Lipinski definition) is 6. The number of nitrogen functional groups attached to an aromatic ring is 2. The average Bonchev–Trinajstić information content (AvgIpc) is 2.95. The van der Waals surface area contributed by atoms with Crippen LogP contribution in [0.5, 0.6) is 0 Å². The van der Waals surface area contributed by atoms with E-state index in [9.17, 15) is 0 Å². The minimum absolute atomic E-state index is 0.296. The van der Waals surface area contributed by atoms with Crippen molar-refractivity contribution >= 4 is 28.5 Å².